The van der Waals surface area contributed by atoms with Crippen molar-refractivity contribution in [2.75, 3.05) is 0 Å². The molecule has 0 amide bonds. The Morgan fingerprint density at radius 1 is 0.426 bits per heavy atom. The number of benzene rings is 10. The van der Waals surface area contributed by atoms with E-state index in [9.17, 15) is 0 Å². The van der Waals surface area contributed by atoms with Crippen LogP contribution >= 0.6 is 11.3 Å². The van der Waals surface area contributed by atoms with Gasteiger partial charge in [-0.1, -0.05) is 140 Å². The van der Waals surface area contributed by atoms with Crippen LogP contribution in [0.25, 0.3) is 136 Å². The molecule has 0 bridgehead atoms. The molecule has 282 valence electrons. The number of nitrogens with zero attached hydrogens (tertiary/aromatic N) is 3. The standard InChI is InChI=1S/C56H31N3OS/c1-2-13-32(14-3-1)53-55-54(42-20-7-9-26-48(42)61-55)58-56(57-53)35-16-10-17-36(29-35)59-44-23-11-22-39-43-30-34(37-21-12-25-47-49(37)41-19-6-8-24-46(41)60-47)27-28-40(43)50-38-18-5-4-15-33(38)31-45(59)52(50)51(39)44/h1-31H. The zero-order chi connectivity index (χ0) is 39.8. The lowest BCUT2D eigenvalue weighted by Crippen LogP contribution is -1.97. The van der Waals surface area contributed by atoms with Crippen molar-refractivity contribution in [3.8, 4) is 39.5 Å². The van der Waals surface area contributed by atoms with Gasteiger partial charge < -0.3 is 8.98 Å². The molecule has 61 heavy (non-hydrogen) atoms. The minimum Gasteiger partial charge on any atom is -0.456 e. The lowest BCUT2D eigenvalue weighted by Gasteiger charge is -2.13. The van der Waals surface area contributed by atoms with Crippen molar-refractivity contribution in [2.45, 2.75) is 0 Å². The van der Waals surface area contributed by atoms with E-state index in [0.29, 0.717) is 5.82 Å². The summed E-state index contributed by atoms with van der Waals surface area (Å²) < 4.78 is 11.1. The van der Waals surface area contributed by atoms with Crippen molar-refractivity contribution in [1.29, 1.82) is 0 Å². The maximum absolute atomic E-state index is 6.34. The molecule has 4 aromatic heterocycles. The van der Waals surface area contributed by atoms with Gasteiger partial charge >= 0.3 is 0 Å². The molecule has 0 aliphatic carbocycles. The number of rotatable bonds is 4. The van der Waals surface area contributed by atoms with Gasteiger partial charge in [-0.2, -0.15) is 0 Å². The fourth-order valence-corrected chi connectivity index (χ4v) is 11.3. The summed E-state index contributed by atoms with van der Waals surface area (Å²) in [5.41, 5.74) is 11.6. The average Bonchev–Trinajstić information content (AvgIpc) is 4.00. The smallest absolute Gasteiger partial charge is 0.160 e. The summed E-state index contributed by atoms with van der Waals surface area (Å²) in [4.78, 5) is 10.7. The normalized spacial score (nSPS) is 12.3. The summed E-state index contributed by atoms with van der Waals surface area (Å²) in [5, 5.41) is 13.5. The van der Waals surface area contributed by atoms with E-state index in [-0.39, 0.29) is 0 Å². The van der Waals surface area contributed by atoms with Crippen LogP contribution in [0.2, 0.25) is 0 Å². The maximum Gasteiger partial charge on any atom is 0.160 e. The number of thiophene rings is 1. The summed E-state index contributed by atoms with van der Waals surface area (Å²) in [5.74, 6) is 0.717. The van der Waals surface area contributed by atoms with Gasteiger partial charge in [0.05, 0.1) is 26.9 Å². The van der Waals surface area contributed by atoms with Gasteiger partial charge in [0.1, 0.15) is 11.2 Å². The van der Waals surface area contributed by atoms with E-state index in [1.54, 1.807) is 11.3 Å². The second-order valence-corrected chi connectivity index (χ2v) is 17.1. The van der Waals surface area contributed by atoms with Crippen LogP contribution in [0.15, 0.2) is 192 Å². The fraction of sp³-hybridized carbons (Fsp3) is 0. The van der Waals surface area contributed by atoms with Crippen LogP contribution in [-0.4, -0.2) is 14.5 Å². The predicted octanol–water partition coefficient (Wildman–Crippen LogP) is 15.7. The number of aromatic nitrogens is 3. The summed E-state index contributed by atoms with van der Waals surface area (Å²) >= 11 is 1.76. The molecular weight excluding hydrogens is 763 g/mol. The molecular formula is C56H31N3OS. The molecule has 0 spiro atoms. The first kappa shape index (κ1) is 33.0. The van der Waals surface area contributed by atoms with Crippen LogP contribution in [0.5, 0.6) is 0 Å². The Balaban J connectivity index is 1.04. The van der Waals surface area contributed by atoms with Gasteiger partial charge in [0.2, 0.25) is 0 Å². The van der Waals surface area contributed by atoms with Gasteiger partial charge in [-0.3, -0.25) is 0 Å². The highest BCUT2D eigenvalue weighted by atomic mass is 32.1. The fourth-order valence-electron chi connectivity index (χ4n) is 10.1. The lowest BCUT2D eigenvalue weighted by molar-refractivity contribution is 0.669. The van der Waals surface area contributed by atoms with E-state index >= 15 is 0 Å². The Kier molecular flexibility index (Phi) is 6.68. The van der Waals surface area contributed by atoms with Crippen molar-refractivity contribution in [1.82, 2.24) is 14.5 Å². The van der Waals surface area contributed by atoms with Crippen LogP contribution in [-0.2, 0) is 0 Å². The van der Waals surface area contributed by atoms with Crippen molar-refractivity contribution >= 4 is 108 Å². The number of para-hydroxylation sites is 1. The van der Waals surface area contributed by atoms with Crippen molar-refractivity contribution in [3.63, 3.8) is 0 Å². The molecule has 0 atom stereocenters. The molecule has 0 unspecified atom stereocenters. The quantitative estimate of drug-likeness (QED) is 0.167. The third-order valence-corrected chi connectivity index (χ3v) is 13.9. The molecule has 14 aromatic rings. The first-order valence-corrected chi connectivity index (χ1v) is 21.5. The maximum atomic E-state index is 6.34. The molecule has 4 heterocycles. The van der Waals surface area contributed by atoms with Crippen LogP contribution < -0.4 is 0 Å². The van der Waals surface area contributed by atoms with Gasteiger partial charge in [-0.05, 0) is 86.6 Å². The van der Waals surface area contributed by atoms with Gasteiger partial charge in [-0.25, -0.2) is 9.97 Å². The lowest BCUT2D eigenvalue weighted by atomic mass is 9.89. The van der Waals surface area contributed by atoms with E-state index < -0.39 is 0 Å². The summed E-state index contributed by atoms with van der Waals surface area (Å²) in [6.45, 7) is 0. The van der Waals surface area contributed by atoms with Gasteiger partial charge in [0.25, 0.3) is 0 Å². The molecule has 0 aliphatic heterocycles. The molecule has 0 radical (unpaired) electrons. The zero-order valence-corrected chi connectivity index (χ0v) is 33.4. The van der Waals surface area contributed by atoms with E-state index in [4.69, 9.17) is 14.4 Å². The average molecular weight is 794 g/mol. The summed E-state index contributed by atoms with van der Waals surface area (Å²) in [7, 11) is 0. The summed E-state index contributed by atoms with van der Waals surface area (Å²) in [6, 6.07) is 67.7. The minimum absolute atomic E-state index is 0.717. The monoisotopic (exact) mass is 793 g/mol. The SMILES string of the molecule is c1ccc(-c2nc(-c3cccc(-n4c5cccc6c7cc(-c8cccc9oc%10ccccc%10c89)ccc7c7c8ccccc8cc4c7c65)c3)nc3c2sc2ccccc23)cc1. The van der Waals surface area contributed by atoms with Gasteiger partial charge in [-0.15, -0.1) is 11.3 Å². The second-order valence-electron chi connectivity index (χ2n) is 16.0. The number of hydrogen-bond acceptors (Lipinski definition) is 4. The highest BCUT2D eigenvalue weighted by Gasteiger charge is 2.23. The Bertz CT molecular complexity index is 4120. The Morgan fingerprint density at radius 3 is 2.10 bits per heavy atom. The molecule has 10 aromatic carbocycles. The molecule has 0 saturated heterocycles. The third kappa shape index (κ3) is 4.64. The Morgan fingerprint density at radius 2 is 1.16 bits per heavy atom. The number of furan rings is 1. The minimum atomic E-state index is 0.717. The van der Waals surface area contributed by atoms with E-state index in [1.165, 1.54) is 70.0 Å². The zero-order valence-electron chi connectivity index (χ0n) is 32.6. The van der Waals surface area contributed by atoms with Crippen LogP contribution in [0.3, 0.4) is 0 Å². The van der Waals surface area contributed by atoms with Gasteiger partial charge in [0, 0.05) is 53.8 Å². The van der Waals surface area contributed by atoms with Crippen molar-refractivity contribution in [2.24, 2.45) is 0 Å². The first-order chi connectivity index (χ1) is 30.2. The Hall–Kier alpha value is -7.86. The van der Waals surface area contributed by atoms with E-state index in [2.05, 4.69) is 187 Å². The second kappa shape index (κ2) is 12.3. The predicted molar refractivity (Wildman–Crippen MR) is 257 cm³/mol. The van der Waals surface area contributed by atoms with E-state index in [0.717, 1.165) is 60.0 Å². The highest BCUT2D eigenvalue weighted by molar-refractivity contribution is 7.26. The van der Waals surface area contributed by atoms with Crippen molar-refractivity contribution in [3.05, 3.63) is 188 Å². The van der Waals surface area contributed by atoms with Crippen LogP contribution in [0.1, 0.15) is 0 Å². The molecule has 0 aliphatic rings. The first-order valence-electron chi connectivity index (χ1n) is 20.6. The van der Waals surface area contributed by atoms with E-state index in [1.807, 2.05) is 6.07 Å². The largest absolute Gasteiger partial charge is 0.456 e. The Labute approximate surface area is 352 Å². The molecule has 0 N–H and O–H groups in total. The molecule has 0 fully saturated rings. The third-order valence-electron chi connectivity index (χ3n) is 12.7. The van der Waals surface area contributed by atoms with Crippen molar-refractivity contribution < 1.29 is 4.42 Å². The number of fused-ring (bicyclic) bond motifs is 11. The molecule has 14 rings (SSSR count). The van der Waals surface area contributed by atoms with Gasteiger partial charge in [0.15, 0.2) is 5.82 Å². The molecule has 5 heteroatoms. The van der Waals surface area contributed by atoms with Crippen LogP contribution in [0, 0.1) is 0 Å². The van der Waals surface area contributed by atoms with Crippen LogP contribution in [0.4, 0.5) is 0 Å². The molecule has 4 nitrogen and oxygen atoms in total. The topological polar surface area (TPSA) is 43.9 Å². The highest BCUT2D eigenvalue weighted by Crippen LogP contribution is 2.48. The summed E-state index contributed by atoms with van der Waals surface area (Å²) in [6.07, 6.45) is 0. The molecule has 0 saturated carbocycles. The number of hydrogen-bond donors (Lipinski definition) is 0.